The van der Waals surface area contributed by atoms with Crippen molar-refractivity contribution in [2.75, 3.05) is 45.8 Å². The number of thiophene rings is 1. The molecule has 0 spiro atoms. The molecule has 1 aromatic heterocycles. The van der Waals surface area contributed by atoms with Crippen LogP contribution in [0.5, 0.6) is 0 Å². The van der Waals surface area contributed by atoms with Crippen LogP contribution in [0.4, 0.5) is 0 Å². The number of hydrogen-bond acceptors (Lipinski definition) is 4. The van der Waals surface area contributed by atoms with E-state index in [4.69, 9.17) is 0 Å². The molecule has 144 valence electrons. The lowest BCUT2D eigenvalue weighted by Crippen LogP contribution is -3.14. The maximum atomic E-state index is 12.5. The molecule has 2 heterocycles. The highest BCUT2D eigenvalue weighted by molar-refractivity contribution is 7.12. The summed E-state index contributed by atoms with van der Waals surface area (Å²) in [5, 5.41) is 4.76. The van der Waals surface area contributed by atoms with Gasteiger partial charge in [-0.15, -0.1) is 11.3 Å². The number of quaternary nitrogens is 1. The highest BCUT2D eigenvalue weighted by Crippen LogP contribution is 2.13. The first-order valence-corrected chi connectivity index (χ1v) is 10.0. The van der Waals surface area contributed by atoms with Crippen molar-refractivity contribution < 1.29 is 19.3 Å². The lowest BCUT2D eigenvalue weighted by atomic mass is 10.2. The summed E-state index contributed by atoms with van der Waals surface area (Å²) < 4.78 is 0. The van der Waals surface area contributed by atoms with Crippen molar-refractivity contribution in [3.63, 3.8) is 0 Å². The number of piperazine rings is 1. The smallest absolute Gasteiger partial charge is 0.277 e. The number of rotatable bonds is 7. The van der Waals surface area contributed by atoms with E-state index in [0.29, 0.717) is 45.8 Å². The van der Waals surface area contributed by atoms with Crippen molar-refractivity contribution in [2.45, 2.75) is 26.8 Å². The van der Waals surface area contributed by atoms with Crippen LogP contribution in [-0.4, -0.2) is 79.4 Å². The Morgan fingerprint density at radius 2 is 1.81 bits per heavy atom. The van der Waals surface area contributed by atoms with Gasteiger partial charge in [0.2, 0.25) is 0 Å². The maximum absolute atomic E-state index is 12.5. The van der Waals surface area contributed by atoms with E-state index in [1.54, 1.807) is 9.80 Å². The normalized spacial score (nSPS) is 15.8. The molecule has 1 fully saturated rings. The van der Waals surface area contributed by atoms with Crippen molar-refractivity contribution in [1.29, 1.82) is 0 Å². The van der Waals surface area contributed by atoms with E-state index in [1.807, 2.05) is 38.3 Å². The topological polar surface area (TPSA) is 74.2 Å². The first-order chi connectivity index (χ1) is 12.4. The Kier molecular flexibility index (Phi) is 7.59. The fourth-order valence-corrected chi connectivity index (χ4v) is 3.64. The Morgan fingerprint density at radius 3 is 2.35 bits per heavy atom. The van der Waals surface area contributed by atoms with E-state index < -0.39 is 0 Å². The average Bonchev–Trinajstić information content (AvgIpc) is 3.14. The van der Waals surface area contributed by atoms with E-state index >= 15 is 0 Å². The van der Waals surface area contributed by atoms with Gasteiger partial charge in [-0.25, -0.2) is 0 Å². The fourth-order valence-electron chi connectivity index (χ4n) is 2.95. The van der Waals surface area contributed by atoms with Crippen LogP contribution in [0.25, 0.3) is 0 Å². The molecule has 0 bridgehead atoms. The molecule has 26 heavy (non-hydrogen) atoms. The molecule has 2 rings (SSSR count). The zero-order valence-electron chi connectivity index (χ0n) is 15.8. The third-order valence-electron chi connectivity index (χ3n) is 4.41. The summed E-state index contributed by atoms with van der Waals surface area (Å²) in [6.45, 7) is 9.35. The monoisotopic (exact) mass is 381 g/mol. The van der Waals surface area contributed by atoms with Crippen LogP contribution in [0.2, 0.25) is 0 Å². The zero-order valence-corrected chi connectivity index (χ0v) is 16.6. The molecule has 0 saturated carbocycles. The molecule has 1 aliphatic heterocycles. The van der Waals surface area contributed by atoms with Gasteiger partial charge in [0.05, 0.1) is 11.4 Å². The molecule has 1 unspecified atom stereocenters. The SMILES string of the molecule is CC[NH+](CC(=O)NC(C)C)CC(=O)N1CCN(C(=O)c2cccs2)CC1. The predicted octanol–water partition coefficient (Wildman–Crippen LogP) is -0.538. The standard InChI is InChI=1S/C18H28N4O3S/c1-4-20(12-16(23)19-14(2)3)13-17(24)21-7-9-22(10-8-21)18(25)15-6-5-11-26-15/h5-6,11,14H,4,7-10,12-13H2,1-3H3,(H,19,23)/p+1. The van der Waals surface area contributed by atoms with Gasteiger partial charge in [-0.05, 0) is 32.2 Å². The lowest BCUT2D eigenvalue weighted by molar-refractivity contribution is -0.882. The van der Waals surface area contributed by atoms with Crippen molar-refractivity contribution in [2.24, 2.45) is 0 Å². The van der Waals surface area contributed by atoms with Gasteiger partial charge < -0.3 is 20.0 Å². The molecule has 8 heteroatoms. The van der Waals surface area contributed by atoms with Crippen molar-refractivity contribution >= 4 is 29.1 Å². The number of amides is 3. The van der Waals surface area contributed by atoms with Crippen molar-refractivity contribution in [3.05, 3.63) is 22.4 Å². The first kappa shape index (κ1) is 20.4. The minimum Gasteiger partial charge on any atom is -0.349 e. The van der Waals surface area contributed by atoms with Crippen molar-refractivity contribution in [3.8, 4) is 0 Å². The second kappa shape index (κ2) is 9.68. The molecule has 0 aromatic carbocycles. The minimum absolute atomic E-state index is 0.0315. The zero-order chi connectivity index (χ0) is 19.1. The molecule has 1 saturated heterocycles. The van der Waals surface area contributed by atoms with E-state index in [9.17, 15) is 14.4 Å². The van der Waals surface area contributed by atoms with E-state index in [-0.39, 0.29) is 23.8 Å². The van der Waals surface area contributed by atoms with Gasteiger partial charge in [0.25, 0.3) is 17.7 Å². The molecule has 0 aliphatic carbocycles. The predicted molar refractivity (Wildman–Crippen MR) is 101 cm³/mol. The Morgan fingerprint density at radius 1 is 1.15 bits per heavy atom. The third kappa shape index (κ3) is 5.81. The molecular weight excluding hydrogens is 352 g/mol. The van der Waals surface area contributed by atoms with Gasteiger partial charge in [-0.1, -0.05) is 6.07 Å². The lowest BCUT2D eigenvalue weighted by Gasteiger charge is -2.35. The second-order valence-electron chi connectivity index (χ2n) is 6.83. The number of hydrogen-bond donors (Lipinski definition) is 2. The molecule has 1 aromatic rings. The summed E-state index contributed by atoms with van der Waals surface area (Å²) in [7, 11) is 0. The maximum Gasteiger partial charge on any atom is 0.277 e. The number of carbonyl (C=O) groups excluding carboxylic acids is 3. The molecule has 1 aliphatic rings. The van der Waals surface area contributed by atoms with E-state index in [0.717, 1.165) is 9.78 Å². The number of carbonyl (C=O) groups is 3. The highest BCUT2D eigenvalue weighted by atomic mass is 32.1. The van der Waals surface area contributed by atoms with Crippen LogP contribution in [0.3, 0.4) is 0 Å². The van der Waals surface area contributed by atoms with Gasteiger partial charge >= 0.3 is 0 Å². The Balaban J connectivity index is 1.79. The van der Waals surface area contributed by atoms with Crippen LogP contribution >= 0.6 is 11.3 Å². The number of likely N-dealkylation sites (N-methyl/N-ethyl adjacent to an activating group) is 1. The van der Waals surface area contributed by atoms with Crippen LogP contribution in [0, 0.1) is 0 Å². The fraction of sp³-hybridized carbons (Fsp3) is 0.611. The molecule has 2 N–H and O–H groups in total. The highest BCUT2D eigenvalue weighted by Gasteiger charge is 2.27. The van der Waals surface area contributed by atoms with Gasteiger partial charge in [-0.2, -0.15) is 0 Å². The third-order valence-corrected chi connectivity index (χ3v) is 5.27. The largest absolute Gasteiger partial charge is 0.349 e. The quantitative estimate of drug-likeness (QED) is 0.666. The number of nitrogens with zero attached hydrogens (tertiary/aromatic N) is 2. The Hall–Kier alpha value is -1.93. The van der Waals surface area contributed by atoms with Crippen LogP contribution in [0.15, 0.2) is 17.5 Å². The molecular formula is C18H29N4O3S+. The van der Waals surface area contributed by atoms with Crippen molar-refractivity contribution in [1.82, 2.24) is 15.1 Å². The molecule has 3 amide bonds. The molecule has 7 nitrogen and oxygen atoms in total. The summed E-state index contributed by atoms with van der Waals surface area (Å²) in [4.78, 5) is 42.1. The van der Waals surface area contributed by atoms with E-state index in [2.05, 4.69) is 5.32 Å². The average molecular weight is 382 g/mol. The summed E-state index contributed by atoms with van der Waals surface area (Å²) in [6.07, 6.45) is 0. The first-order valence-electron chi connectivity index (χ1n) is 9.14. The van der Waals surface area contributed by atoms with Gasteiger partial charge in [0.1, 0.15) is 0 Å². The molecule has 1 atom stereocenters. The Bertz CT molecular complexity index is 610. The van der Waals surface area contributed by atoms with Crippen LogP contribution in [-0.2, 0) is 9.59 Å². The van der Waals surface area contributed by atoms with Gasteiger partial charge in [0, 0.05) is 32.2 Å². The van der Waals surface area contributed by atoms with Crippen LogP contribution in [0.1, 0.15) is 30.4 Å². The Labute approximate surface area is 158 Å². The van der Waals surface area contributed by atoms with E-state index in [1.165, 1.54) is 11.3 Å². The molecule has 0 radical (unpaired) electrons. The van der Waals surface area contributed by atoms with Gasteiger partial charge in [0.15, 0.2) is 13.1 Å². The van der Waals surface area contributed by atoms with Crippen LogP contribution < -0.4 is 10.2 Å². The minimum atomic E-state index is -0.0315. The summed E-state index contributed by atoms with van der Waals surface area (Å²) in [5.74, 6) is 0.0525. The van der Waals surface area contributed by atoms with Gasteiger partial charge in [-0.3, -0.25) is 14.4 Å². The summed E-state index contributed by atoms with van der Waals surface area (Å²) >= 11 is 1.44. The number of nitrogens with one attached hydrogen (secondary N) is 2. The summed E-state index contributed by atoms with van der Waals surface area (Å²) in [5.41, 5.74) is 0. The second-order valence-corrected chi connectivity index (χ2v) is 7.78. The summed E-state index contributed by atoms with van der Waals surface area (Å²) in [6, 6.07) is 3.80.